The van der Waals surface area contributed by atoms with Crippen molar-refractivity contribution in [1.82, 2.24) is 20.1 Å². The minimum absolute atomic E-state index is 0.149. The quantitative estimate of drug-likeness (QED) is 0.703. The van der Waals surface area contributed by atoms with E-state index < -0.39 is 0 Å². The number of nitrogens with one attached hydrogen (secondary N) is 1. The van der Waals surface area contributed by atoms with E-state index >= 15 is 0 Å². The molecule has 3 aromatic heterocycles. The van der Waals surface area contributed by atoms with E-state index in [0.717, 1.165) is 22.8 Å². The molecule has 0 radical (unpaired) electrons. The van der Waals surface area contributed by atoms with Gasteiger partial charge in [-0.2, -0.15) is 5.10 Å². The first-order valence-electron chi connectivity index (χ1n) is 8.11. The fraction of sp³-hybridized carbons (Fsp3) is 0.211. The molecule has 1 N–H and O–H groups in total. The van der Waals surface area contributed by atoms with Crippen LogP contribution in [-0.2, 0) is 11.2 Å². The lowest BCUT2D eigenvalue weighted by Crippen LogP contribution is -2.23. The molecule has 1 amide bonds. The van der Waals surface area contributed by atoms with Crippen LogP contribution in [0.4, 0.5) is 0 Å². The predicted molar refractivity (Wildman–Crippen MR) is 95.3 cm³/mol. The van der Waals surface area contributed by atoms with E-state index in [2.05, 4.69) is 15.4 Å². The molecular weight excluding hydrogens is 316 g/mol. The Morgan fingerprint density at radius 3 is 2.88 bits per heavy atom. The predicted octanol–water partition coefficient (Wildman–Crippen LogP) is 2.85. The molecule has 0 aliphatic carbocycles. The molecule has 6 nitrogen and oxygen atoms in total. The molecule has 0 saturated carbocycles. The van der Waals surface area contributed by atoms with Crippen LogP contribution in [0.25, 0.3) is 11.9 Å². The lowest BCUT2D eigenvalue weighted by Gasteiger charge is -2.05. The molecule has 3 heterocycles. The minimum atomic E-state index is -0.149. The smallest absolute Gasteiger partial charge is 0.244 e. The number of furan rings is 1. The van der Waals surface area contributed by atoms with Gasteiger partial charge in [0.05, 0.1) is 12.0 Å². The molecule has 128 valence electrons. The van der Waals surface area contributed by atoms with Crippen molar-refractivity contribution < 1.29 is 9.21 Å². The number of carbonyl (C=O) groups is 1. The summed E-state index contributed by atoms with van der Waals surface area (Å²) in [5.74, 6) is 1.29. The Balaban J connectivity index is 1.60. The second kappa shape index (κ2) is 7.61. The molecule has 0 aliphatic rings. The van der Waals surface area contributed by atoms with Gasteiger partial charge >= 0.3 is 0 Å². The molecule has 0 aromatic carbocycles. The molecule has 0 aliphatic heterocycles. The zero-order valence-electron chi connectivity index (χ0n) is 14.3. The van der Waals surface area contributed by atoms with E-state index in [1.165, 1.54) is 6.08 Å². The van der Waals surface area contributed by atoms with Crippen molar-refractivity contribution in [2.75, 3.05) is 6.54 Å². The highest BCUT2D eigenvalue weighted by molar-refractivity contribution is 5.91. The van der Waals surface area contributed by atoms with E-state index in [4.69, 9.17) is 4.42 Å². The van der Waals surface area contributed by atoms with Crippen molar-refractivity contribution in [3.05, 3.63) is 71.6 Å². The molecule has 3 aromatic rings. The maximum absolute atomic E-state index is 11.9. The van der Waals surface area contributed by atoms with Gasteiger partial charge in [0, 0.05) is 24.5 Å². The Morgan fingerprint density at radius 2 is 2.16 bits per heavy atom. The topological polar surface area (TPSA) is 73.0 Å². The lowest BCUT2D eigenvalue weighted by molar-refractivity contribution is -0.116. The van der Waals surface area contributed by atoms with Gasteiger partial charge in [-0.25, -0.2) is 9.67 Å². The number of carbonyl (C=O) groups excluding carboxylic acids is 1. The largest absolute Gasteiger partial charge is 0.465 e. The standard InChI is InChI=1S/C19H20N4O2/c1-14-17(15(2)23(22-14)18-7-3-4-11-20-18)10-12-21-19(24)9-8-16-6-5-13-25-16/h3-9,11,13H,10,12H2,1-2H3,(H,21,24)/b9-8+. The number of nitrogens with zero attached hydrogens (tertiary/aromatic N) is 3. The van der Waals surface area contributed by atoms with Crippen LogP contribution in [0.5, 0.6) is 0 Å². The van der Waals surface area contributed by atoms with Crippen LogP contribution in [0.3, 0.4) is 0 Å². The number of amides is 1. The Morgan fingerprint density at radius 1 is 1.28 bits per heavy atom. The van der Waals surface area contributed by atoms with Crippen molar-refractivity contribution in [2.45, 2.75) is 20.3 Å². The summed E-state index contributed by atoms with van der Waals surface area (Å²) in [5.41, 5.74) is 3.11. The summed E-state index contributed by atoms with van der Waals surface area (Å²) in [5, 5.41) is 7.44. The maximum atomic E-state index is 11.9. The van der Waals surface area contributed by atoms with E-state index in [9.17, 15) is 4.79 Å². The van der Waals surface area contributed by atoms with Crippen LogP contribution < -0.4 is 5.32 Å². The first-order chi connectivity index (χ1) is 12.1. The van der Waals surface area contributed by atoms with E-state index in [1.807, 2.05) is 36.7 Å². The number of rotatable bonds is 6. The van der Waals surface area contributed by atoms with Crippen LogP contribution in [0.2, 0.25) is 0 Å². The third kappa shape index (κ3) is 4.03. The first-order valence-corrected chi connectivity index (χ1v) is 8.11. The average Bonchev–Trinajstić information content (AvgIpc) is 3.24. The molecule has 6 heteroatoms. The van der Waals surface area contributed by atoms with Gasteiger partial charge < -0.3 is 9.73 Å². The second-order valence-corrected chi connectivity index (χ2v) is 5.64. The summed E-state index contributed by atoms with van der Waals surface area (Å²) in [6.07, 6.45) is 7.14. The van der Waals surface area contributed by atoms with Crippen LogP contribution in [0.15, 0.2) is 53.3 Å². The number of hydrogen-bond acceptors (Lipinski definition) is 4. The first kappa shape index (κ1) is 16.7. The molecule has 0 fully saturated rings. The van der Waals surface area contributed by atoms with Gasteiger partial charge in [-0.05, 0) is 56.2 Å². The number of aryl methyl sites for hydroxylation is 1. The zero-order valence-corrected chi connectivity index (χ0v) is 14.3. The van der Waals surface area contributed by atoms with E-state index in [-0.39, 0.29) is 5.91 Å². The zero-order chi connectivity index (χ0) is 17.6. The van der Waals surface area contributed by atoms with Crippen molar-refractivity contribution in [3.63, 3.8) is 0 Å². The van der Waals surface area contributed by atoms with Crippen molar-refractivity contribution >= 4 is 12.0 Å². The third-order valence-corrected chi connectivity index (χ3v) is 3.92. The monoisotopic (exact) mass is 336 g/mol. The Bertz CT molecular complexity index is 864. The Labute approximate surface area is 146 Å². The van der Waals surface area contributed by atoms with E-state index in [1.54, 1.807) is 30.7 Å². The van der Waals surface area contributed by atoms with Crippen LogP contribution in [0.1, 0.15) is 22.7 Å². The molecule has 0 spiro atoms. The second-order valence-electron chi connectivity index (χ2n) is 5.64. The molecular formula is C19H20N4O2. The molecule has 0 bridgehead atoms. The fourth-order valence-electron chi connectivity index (χ4n) is 2.65. The molecule has 0 atom stereocenters. The molecule has 25 heavy (non-hydrogen) atoms. The molecule has 0 saturated heterocycles. The van der Waals surface area contributed by atoms with E-state index in [0.29, 0.717) is 18.7 Å². The van der Waals surface area contributed by atoms with Gasteiger partial charge in [0.15, 0.2) is 5.82 Å². The van der Waals surface area contributed by atoms with Gasteiger partial charge in [0.1, 0.15) is 5.76 Å². The van der Waals surface area contributed by atoms with Gasteiger partial charge in [-0.3, -0.25) is 4.79 Å². The fourth-order valence-corrected chi connectivity index (χ4v) is 2.65. The van der Waals surface area contributed by atoms with Crippen molar-refractivity contribution in [2.24, 2.45) is 0 Å². The number of aromatic nitrogens is 3. The summed E-state index contributed by atoms with van der Waals surface area (Å²) in [6, 6.07) is 9.31. The SMILES string of the molecule is Cc1nn(-c2ccccn2)c(C)c1CCNC(=O)/C=C/c1ccco1. The lowest BCUT2D eigenvalue weighted by atomic mass is 10.1. The summed E-state index contributed by atoms with van der Waals surface area (Å²) in [7, 11) is 0. The van der Waals surface area contributed by atoms with Crippen molar-refractivity contribution in [3.8, 4) is 5.82 Å². The van der Waals surface area contributed by atoms with Crippen molar-refractivity contribution in [1.29, 1.82) is 0 Å². The number of pyridine rings is 1. The van der Waals surface area contributed by atoms with Crippen LogP contribution in [-0.4, -0.2) is 27.2 Å². The molecule has 3 rings (SSSR count). The summed E-state index contributed by atoms with van der Waals surface area (Å²) in [4.78, 5) is 16.2. The Kier molecular flexibility index (Phi) is 5.09. The highest BCUT2D eigenvalue weighted by Crippen LogP contribution is 2.16. The third-order valence-electron chi connectivity index (χ3n) is 3.92. The van der Waals surface area contributed by atoms with Gasteiger partial charge in [-0.1, -0.05) is 6.07 Å². The summed E-state index contributed by atoms with van der Waals surface area (Å²) >= 11 is 0. The minimum Gasteiger partial charge on any atom is -0.465 e. The normalized spacial score (nSPS) is 11.1. The number of hydrogen-bond donors (Lipinski definition) is 1. The summed E-state index contributed by atoms with van der Waals surface area (Å²) < 4.78 is 6.99. The maximum Gasteiger partial charge on any atom is 0.244 e. The van der Waals surface area contributed by atoms with Gasteiger partial charge in [-0.15, -0.1) is 0 Å². The highest BCUT2D eigenvalue weighted by atomic mass is 16.3. The highest BCUT2D eigenvalue weighted by Gasteiger charge is 2.13. The van der Waals surface area contributed by atoms with Crippen LogP contribution >= 0.6 is 0 Å². The van der Waals surface area contributed by atoms with Crippen LogP contribution in [0, 0.1) is 13.8 Å². The van der Waals surface area contributed by atoms with Gasteiger partial charge in [0.25, 0.3) is 0 Å². The van der Waals surface area contributed by atoms with Gasteiger partial charge in [0.2, 0.25) is 5.91 Å². The average molecular weight is 336 g/mol. The molecule has 0 unspecified atom stereocenters. The summed E-state index contributed by atoms with van der Waals surface area (Å²) in [6.45, 7) is 4.53. The Hall–Kier alpha value is -3.15.